The van der Waals surface area contributed by atoms with Gasteiger partial charge in [0, 0.05) is 19.4 Å². The number of esters is 2. The molecule has 2 atom stereocenters. The highest BCUT2D eigenvalue weighted by molar-refractivity contribution is 7.47. The van der Waals surface area contributed by atoms with Crippen LogP contribution < -0.4 is 5.73 Å². The highest BCUT2D eigenvalue weighted by atomic mass is 31.2. The number of carbonyl (C=O) groups is 2. The molecule has 73 heavy (non-hydrogen) atoms. The van der Waals surface area contributed by atoms with Crippen molar-refractivity contribution in [2.45, 2.75) is 251 Å². The molecule has 0 radical (unpaired) electrons. The number of ether oxygens (including phenoxy) is 2. The largest absolute Gasteiger partial charge is 0.472 e. The summed E-state index contributed by atoms with van der Waals surface area (Å²) in [7, 11) is -4.38. The van der Waals surface area contributed by atoms with Crippen LogP contribution in [0.25, 0.3) is 0 Å². The van der Waals surface area contributed by atoms with E-state index in [1.54, 1.807) is 0 Å². The second-order valence-electron chi connectivity index (χ2n) is 19.1. The number of phosphoric ester groups is 1. The molecule has 0 rings (SSSR count). The Balaban J connectivity index is 3.87. The van der Waals surface area contributed by atoms with E-state index in [2.05, 4.69) is 123 Å². The summed E-state index contributed by atoms with van der Waals surface area (Å²) in [6, 6.07) is 0. The lowest BCUT2D eigenvalue weighted by Crippen LogP contribution is -2.29. The van der Waals surface area contributed by atoms with Gasteiger partial charge in [-0.05, 0) is 83.5 Å². The molecule has 9 nitrogen and oxygen atoms in total. The minimum absolute atomic E-state index is 0.0510. The van der Waals surface area contributed by atoms with Crippen molar-refractivity contribution in [3.05, 3.63) is 109 Å². The SMILES string of the molecule is CC/C=C\C/C=C\C/C=C\C/C=C\C/C=C\C/C=C\C/C=C\C/C=C\C/C=C\CCCCCCCCCCCCCCCC(=O)OC(COC(=O)CCCCCCCCCCCCC)COP(=O)(O)OCCN. The van der Waals surface area contributed by atoms with Gasteiger partial charge in [0.15, 0.2) is 6.10 Å². The number of hydrogen-bond donors (Lipinski definition) is 2. The third-order valence-electron chi connectivity index (χ3n) is 12.2. The summed E-state index contributed by atoms with van der Waals surface area (Å²) in [6.45, 7) is 3.62. The molecular formula is C63H108NO8P. The number of rotatable bonds is 54. The third kappa shape index (κ3) is 57.8. The lowest BCUT2D eigenvalue weighted by molar-refractivity contribution is -0.161. The number of carbonyl (C=O) groups excluding carboxylic acids is 2. The average Bonchev–Trinajstić information content (AvgIpc) is 3.38. The molecule has 0 aromatic rings. The van der Waals surface area contributed by atoms with Crippen molar-refractivity contribution in [2.24, 2.45) is 5.73 Å². The Morgan fingerprint density at radius 3 is 1.12 bits per heavy atom. The van der Waals surface area contributed by atoms with Crippen molar-refractivity contribution >= 4 is 19.8 Å². The minimum atomic E-state index is -4.38. The zero-order valence-electron chi connectivity index (χ0n) is 46.6. The van der Waals surface area contributed by atoms with E-state index in [1.165, 1.54) is 116 Å². The summed E-state index contributed by atoms with van der Waals surface area (Å²) >= 11 is 0. The van der Waals surface area contributed by atoms with Crippen molar-refractivity contribution in [2.75, 3.05) is 26.4 Å². The molecule has 418 valence electrons. The first-order valence-electron chi connectivity index (χ1n) is 29.4. The van der Waals surface area contributed by atoms with Crippen LogP contribution in [0, 0.1) is 0 Å². The van der Waals surface area contributed by atoms with Crippen molar-refractivity contribution < 1.29 is 37.6 Å². The standard InChI is InChI=1S/C63H108NO8P/c1-3-5-7-9-11-13-15-16-17-18-19-20-21-22-23-24-25-26-27-28-29-30-31-32-33-34-35-36-37-38-39-40-41-42-43-44-46-48-50-52-54-56-63(66)72-61(60-71-73(67,68)70-58-57-64)59-69-62(65)55-53-51-49-47-45-14-12-10-8-6-4-2/h5,7,11,13,16-17,19-20,22-23,25-26,28-29,31-32,34-35,61H,3-4,6,8-10,12,14-15,18,21,24,27,30,33,36-60,64H2,1-2H3,(H,67,68)/b7-5-,13-11-,17-16-,20-19-,23-22-,26-25-,29-28-,32-31-,35-34-. The first kappa shape index (κ1) is 69.7. The fourth-order valence-electron chi connectivity index (χ4n) is 7.86. The van der Waals surface area contributed by atoms with E-state index in [0.717, 1.165) is 96.3 Å². The van der Waals surface area contributed by atoms with Crippen LogP contribution in [-0.2, 0) is 32.7 Å². The molecule has 2 unspecified atom stereocenters. The lowest BCUT2D eigenvalue weighted by atomic mass is 10.0. The van der Waals surface area contributed by atoms with Crippen LogP contribution >= 0.6 is 7.82 Å². The minimum Gasteiger partial charge on any atom is -0.462 e. The monoisotopic (exact) mass is 1040 g/mol. The van der Waals surface area contributed by atoms with E-state index >= 15 is 0 Å². The van der Waals surface area contributed by atoms with Gasteiger partial charge in [-0.15, -0.1) is 0 Å². The molecule has 0 aliphatic carbocycles. The number of phosphoric acid groups is 1. The number of hydrogen-bond acceptors (Lipinski definition) is 8. The predicted octanol–water partition coefficient (Wildman–Crippen LogP) is 18.6. The number of allylic oxidation sites excluding steroid dienone is 18. The van der Waals surface area contributed by atoms with Gasteiger partial charge in [-0.1, -0.05) is 258 Å². The molecular weight excluding hydrogens is 930 g/mol. The van der Waals surface area contributed by atoms with E-state index < -0.39 is 26.5 Å². The molecule has 0 amide bonds. The quantitative estimate of drug-likeness (QED) is 0.0264. The normalized spacial score (nSPS) is 13.9. The Morgan fingerprint density at radius 1 is 0.425 bits per heavy atom. The van der Waals surface area contributed by atoms with Gasteiger partial charge in [0.2, 0.25) is 0 Å². The molecule has 10 heteroatoms. The van der Waals surface area contributed by atoms with Gasteiger partial charge in [0.1, 0.15) is 6.61 Å². The first-order valence-corrected chi connectivity index (χ1v) is 30.9. The fraction of sp³-hybridized carbons (Fsp3) is 0.683. The molecule has 0 aliphatic rings. The van der Waals surface area contributed by atoms with Crippen LogP contribution in [0.2, 0.25) is 0 Å². The second kappa shape index (κ2) is 57.9. The predicted molar refractivity (Wildman–Crippen MR) is 311 cm³/mol. The van der Waals surface area contributed by atoms with Gasteiger partial charge < -0.3 is 20.1 Å². The molecule has 0 aromatic carbocycles. The molecule has 0 aliphatic heterocycles. The van der Waals surface area contributed by atoms with Crippen LogP contribution in [-0.4, -0.2) is 49.3 Å². The second-order valence-corrected chi connectivity index (χ2v) is 20.6. The van der Waals surface area contributed by atoms with Gasteiger partial charge in [-0.2, -0.15) is 0 Å². The average molecular weight is 1040 g/mol. The highest BCUT2D eigenvalue weighted by Crippen LogP contribution is 2.43. The van der Waals surface area contributed by atoms with Gasteiger partial charge >= 0.3 is 19.8 Å². The molecule has 0 saturated carbocycles. The molecule has 0 heterocycles. The van der Waals surface area contributed by atoms with E-state index in [0.29, 0.717) is 6.42 Å². The Labute approximate surface area is 448 Å². The van der Waals surface area contributed by atoms with E-state index in [-0.39, 0.29) is 38.6 Å². The van der Waals surface area contributed by atoms with E-state index in [4.69, 9.17) is 24.3 Å². The van der Waals surface area contributed by atoms with E-state index in [9.17, 15) is 19.0 Å². The molecule has 0 aromatic heterocycles. The van der Waals surface area contributed by atoms with Crippen LogP contribution in [0.15, 0.2) is 109 Å². The summed E-state index contributed by atoms with van der Waals surface area (Å²) in [5, 5.41) is 0. The van der Waals surface area contributed by atoms with Crippen molar-refractivity contribution in [1.82, 2.24) is 0 Å². The number of unbranched alkanes of at least 4 members (excludes halogenated alkanes) is 23. The highest BCUT2D eigenvalue weighted by Gasteiger charge is 2.26. The summed E-state index contributed by atoms with van der Waals surface area (Å²) < 4.78 is 32.9. The van der Waals surface area contributed by atoms with Gasteiger partial charge in [0.25, 0.3) is 0 Å². The van der Waals surface area contributed by atoms with Crippen LogP contribution in [0.5, 0.6) is 0 Å². The van der Waals surface area contributed by atoms with E-state index in [1.807, 2.05) is 0 Å². The zero-order chi connectivity index (χ0) is 53.1. The number of nitrogens with two attached hydrogens (primary N) is 1. The lowest BCUT2D eigenvalue weighted by Gasteiger charge is -2.19. The van der Waals surface area contributed by atoms with Gasteiger partial charge in [-0.25, -0.2) is 4.57 Å². The van der Waals surface area contributed by atoms with Crippen LogP contribution in [0.1, 0.15) is 245 Å². The first-order chi connectivity index (χ1) is 35.8. The molecule has 0 fully saturated rings. The van der Waals surface area contributed by atoms with Crippen molar-refractivity contribution in [3.8, 4) is 0 Å². The van der Waals surface area contributed by atoms with Crippen LogP contribution in [0.4, 0.5) is 0 Å². The maximum Gasteiger partial charge on any atom is 0.472 e. The van der Waals surface area contributed by atoms with Gasteiger partial charge in [0.05, 0.1) is 13.2 Å². The summed E-state index contributed by atoms with van der Waals surface area (Å²) in [6.07, 6.45) is 78.8. The summed E-state index contributed by atoms with van der Waals surface area (Å²) in [5.74, 6) is -0.829. The Morgan fingerprint density at radius 2 is 0.753 bits per heavy atom. The topological polar surface area (TPSA) is 134 Å². The van der Waals surface area contributed by atoms with Gasteiger partial charge in [-0.3, -0.25) is 18.6 Å². The fourth-order valence-corrected chi connectivity index (χ4v) is 8.63. The molecule has 0 saturated heterocycles. The molecule has 0 spiro atoms. The molecule has 0 bridgehead atoms. The maximum absolute atomic E-state index is 12.7. The van der Waals surface area contributed by atoms with Crippen molar-refractivity contribution in [3.63, 3.8) is 0 Å². The smallest absolute Gasteiger partial charge is 0.462 e. The Kier molecular flexibility index (Phi) is 55.3. The molecule has 3 N–H and O–H groups in total. The Bertz CT molecular complexity index is 1560. The summed E-state index contributed by atoms with van der Waals surface area (Å²) in [5.41, 5.74) is 5.37. The summed E-state index contributed by atoms with van der Waals surface area (Å²) in [4.78, 5) is 35.0. The van der Waals surface area contributed by atoms with Crippen molar-refractivity contribution in [1.29, 1.82) is 0 Å². The maximum atomic E-state index is 12.7. The third-order valence-corrected chi connectivity index (χ3v) is 13.2. The van der Waals surface area contributed by atoms with Crippen LogP contribution in [0.3, 0.4) is 0 Å². The Hall–Kier alpha value is -3.33. The zero-order valence-corrected chi connectivity index (χ0v) is 47.5.